The van der Waals surface area contributed by atoms with Crippen molar-refractivity contribution in [1.29, 1.82) is 0 Å². The zero-order chi connectivity index (χ0) is 28.9. The van der Waals surface area contributed by atoms with Crippen LogP contribution in [0.2, 0.25) is 0 Å². The Morgan fingerprint density at radius 2 is 1.70 bits per heavy atom. The average Bonchev–Trinajstić information content (AvgIpc) is 3.33. The molecule has 212 valence electrons. The summed E-state index contributed by atoms with van der Waals surface area (Å²) in [6.45, 7) is 0.652. The first-order valence-electron chi connectivity index (χ1n) is 12.9. The van der Waals surface area contributed by atoms with Gasteiger partial charge in [0.25, 0.3) is 0 Å². The highest BCUT2D eigenvalue weighted by Crippen LogP contribution is 2.59. The second-order valence-corrected chi connectivity index (χ2v) is 12.8. The number of hydrogen-bond donors (Lipinski definition) is 1. The maximum Gasteiger partial charge on any atom is 0.426 e. The van der Waals surface area contributed by atoms with E-state index in [2.05, 4.69) is 10.3 Å². The van der Waals surface area contributed by atoms with Crippen LogP contribution in [-0.2, 0) is 38.0 Å². The van der Waals surface area contributed by atoms with Crippen LogP contribution in [0.4, 0.5) is 22.0 Å². The zero-order valence-corrected chi connectivity index (χ0v) is 22.3. The van der Waals surface area contributed by atoms with E-state index in [-0.39, 0.29) is 48.6 Å². The number of aromatic nitrogens is 1. The van der Waals surface area contributed by atoms with Crippen molar-refractivity contribution in [2.24, 2.45) is 11.8 Å². The van der Waals surface area contributed by atoms with Crippen LogP contribution in [0.1, 0.15) is 48.4 Å². The number of carbonyl (C=O) groups excluding carboxylic acids is 1. The second kappa shape index (κ2) is 9.94. The lowest BCUT2D eigenvalue weighted by Gasteiger charge is -2.42. The standard InChI is InChI=1S/C29H27F5N2O3S/c1-27(31,29(32,33)34)20-3-9-24-19(16-20)2-8-25-23(26(37)36-17-18-11-14-35-15-12-18)10-13-28(24,25)40(38,39)22-6-4-21(30)5-7-22/h3-7,9,11-12,14-16,23,25H,2,8,10,13,17H2,1H3,(H,36,37)/t23-,25+,27?,28-/m1/s1. The predicted octanol–water partition coefficient (Wildman–Crippen LogP) is 5.93. The van der Waals surface area contributed by atoms with Crippen molar-refractivity contribution in [3.8, 4) is 0 Å². The third-order valence-electron chi connectivity index (χ3n) is 8.43. The molecule has 1 aromatic heterocycles. The molecule has 2 aromatic carbocycles. The number of fused-ring (bicyclic) bond motifs is 3. The molecule has 2 aliphatic carbocycles. The van der Waals surface area contributed by atoms with Gasteiger partial charge in [-0.1, -0.05) is 18.2 Å². The summed E-state index contributed by atoms with van der Waals surface area (Å²) in [6, 6.07) is 11.2. The topological polar surface area (TPSA) is 76.1 Å². The first kappa shape index (κ1) is 28.2. The van der Waals surface area contributed by atoms with E-state index in [4.69, 9.17) is 0 Å². The minimum atomic E-state index is -5.17. The number of nitrogens with zero attached hydrogens (tertiary/aromatic N) is 1. The minimum absolute atomic E-state index is 0.0310. The molecule has 0 radical (unpaired) electrons. The summed E-state index contributed by atoms with van der Waals surface area (Å²) in [4.78, 5) is 17.2. The quantitative estimate of drug-likeness (QED) is 0.291. The van der Waals surface area contributed by atoms with Crippen molar-refractivity contribution in [1.82, 2.24) is 10.3 Å². The third kappa shape index (κ3) is 4.48. The van der Waals surface area contributed by atoms with Gasteiger partial charge in [-0.3, -0.25) is 9.78 Å². The van der Waals surface area contributed by atoms with Gasteiger partial charge in [0, 0.05) is 24.9 Å². The van der Waals surface area contributed by atoms with E-state index < -0.39 is 49.6 Å². The van der Waals surface area contributed by atoms with Gasteiger partial charge in [-0.2, -0.15) is 13.2 Å². The van der Waals surface area contributed by atoms with E-state index >= 15 is 0 Å². The Morgan fingerprint density at radius 3 is 2.35 bits per heavy atom. The highest BCUT2D eigenvalue weighted by atomic mass is 32.2. The van der Waals surface area contributed by atoms with Gasteiger partial charge >= 0.3 is 6.18 Å². The van der Waals surface area contributed by atoms with Crippen molar-refractivity contribution >= 4 is 15.7 Å². The number of sulfone groups is 1. The lowest BCUT2D eigenvalue weighted by Crippen LogP contribution is -2.47. The molecule has 40 heavy (non-hydrogen) atoms. The van der Waals surface area contributed by atoms with E-state index in [1.54, 1.807) is 24.5 Å². The number of carbonyl (C=O) groups is 1. The summed E-state index contributed by atoms with van der Waals surface area (Å²) < 4.78 is 96.0. The highest BCUT2D eigenvalue weighted by Gasteiger charge is 2.62. The number of rotatable bonds is 6. The first-order valence-corrected chi connectivity index (χ1v) is 14.3. The molecule has 0 bridgehead atoms. The number of aryl methyl sites for hydroxylation is 1. The molecule has 0 saturated heterocycles. The zero-order valence-electron chi connectivity index (χ0n) is 21.5. The summed E-state index contributed by atoms with van der Waals surface area (Å²) in [7, 11) is -4.27. The molecule has 5 nitrogen and oxygen atoms in total. The fraction of sp³-hybridized carbons (Fsp3) is 0.379. The molecule has 1 heterocycles. The van der Waals surface area contributed by atoms with Crippen LogP contribution in [0.5, 0.6) is 0 Å². The van der Waals surface area contributed by atoms with Gasteiger partial charge in [0.1, 0.15) is 10.6 Å². The Morgan fingerprint density at radius 1 is 1.02 bits per heavy atom. The molecule has 2 aliphatic rings. The smallest absolute Gasteiger partial charge is 0.352 e. The van der Waals surface area contributed by atoms with Gasteiger partial charge in [-0.25, -0.2) is 17.2 Å². The SMILES string of the molecule is CC(F)(c1ccc2c(c1)CC[C@H]1[C@H](C(=O)NCc3ccncc3)CC[C@@]21S(=O)(=O)c1ccc(F)cc1)C(F)(F)F. The van der Waals surface area contributed by atoms with Gasteiger partial charge in [-0.15, -0.1) is 0 Å². The van der Waals surface area contributed by atoms with Crippen LogP contribution >= 0.6 is 0 Å². The third-order valence-corrected chi connectivity index (χ3v) is 11.0. The fourth-order valence-electron chi connectivity index (χ4n) is 6.27. The Balaban J connectivity index is 1.59. The monoisotopic (exact) mass is 578 g/mol. The Kier molecular flexibility index (Phi) is 7.00. The maximum atomic E-state index is 14.9. The summed E-state index contributed by atoms with van der Waals surface area (Å²) in [5.41, 5.74) is -2.87. The number of hydrogen-bond acceptors (Lipinski definition) is 4. The Bertz CT molecular complexity index is 1530. The van der Waals surface area contributed by atoms with Crippen molar-refractivity contribution in [2.45, 2.75) is 60.6 Å². The van der Waals surface area contributed by atoms with E-state index in [0.29, 0.717) is 12.5 Å². The molecule has 1 saturated carbocycles. The van der Waals surface area contributed by atoms with Crippen LogP contribution in [0.3, 0.4) is 0 Å². The van der Waals surface area contributed by atoms with E-state index in [1.165, 1.54) is 6.07 Å². The number of pyridine rings is 1. The van der Waals surface area contributed by atoms with Crippen LogP contribution in [0.25, 0.3) is 0 Å². The molecule has 11 heteroatoms. The second-order valence-electron chi connectivity index (χ2n) is 10.6. The van der Waals surface area contributed by atoms with Gasteiger partial charge in [-0.05, 0) is 97.2 Å². The van der Waals surface area contributed by atoms with Crippen molar-refractivity contribution < 1.29 is 35.2 Å². The van der Waals surface area contributed by atoms with Gasteiger partial charge in [0.05, 0.1) is 4.90 Å². The highest BCUT2D eigenvalue weighted by molar-refractivity contribution is 7.92. The molecule has 0 aliphatic heterocycles. The summed E-state index contributed by atoms with van der Waals surface area (Å²) in [5.74, 6) is -2.34. The van der Waals surface area contributed by atoms with Gasteiger partial charge < -0.3 is 5.32 Å². The van der Waals surface area contributed by atoms with Gasteiger partial charge in [0.2, 0.25) is 11.6 Å². The normalized spacial score (nSPS) is 24.1. The largest absolute Gasteiger partial charge is 0.426 e. The van der Waals surface area contributed by atoms with Crippen LogP contribution in [0, 0.1) is 17.7 Å². The van der Waals surface area contributed by atoms with Crippen molar-refractivity contribution in [3.63, 3.8) is 0 Å². The molecule has 1 amide bonds. The molecular formula is C29H27F5N2O3S. The lowest BCUT2D eigenvalue weighted by atomic mass is 9.72. The maximum absolute atomic E-state index is 14.9. The first-order chi connectivity index (χ1) is 18.8. The van der Waals surface area contributed by atoms with E-state index in [9.17, 15) is 35.2 Å². The summed E-state index contributed by atoms with van der Waals surface area (Å²) in [5, 5.41) is 2.87. The Hall–Kier alpha value is -3.34. The van der Waals surface area contributed by atoms with Gasteiger partial charge in [0.15, 0.2) is 9.84 Å². The fourth-order valence-corrected chi connectivity index (χ4v) is 8.74. The summed E-state index contributed by atoms with van der Waals surface area (Å²) in [6.07, 6.45) is -1.37. The number of nitrogens with one attached hydrogen (secondary N) is 1. The molecular weight excluding hydrogens is 551 g/mol. The van der Waals surface area contributed by atoms with Crippen LogP contribution in [0.15, 0.2) is 71.9 Å². The van der Waals surface area contributed by atoms with E-state index in [0.717, 1.165) is 42.0 Å². The van der Waals surface area contributed by atoms with Crippen molar-refractivity contribution in [2.75, 3.05) is 0 Å². The Labute approximate surface area is 228 Å². The minimum Gasteiger partial charge on any atom is -0.352 e. The molecule has 3 aromatic rings. The van der Waals surface area contributed by atoms with Crippen LogP contribution < -0.4 is 5.32 Å². The number of amides is 1. The molecule has 1 fully saturated rings. The average molecular weight is 579 g/mol. The number of halogens is 5. The molecule has 0 spiro atoms. The predicted molar refractivity (Wildman–Crippen MR) is 137 cm³/mol. The lowest BCUT2D eigenvalue weighted by molar-refractivity contribution is -0.228. The van der Waals surface area contributed by atoms with Crippen molar-refractivity contribution in [3.05, 3.63) is 95.1 Å². The summed E-state index contributed by atoms with van der Waals surface area (Å²) >= 11 is 0. The molecule has 5 rings (SSSR count). The molecule has 4 atom stereocenters. The number of benzene rings is 2. The van der Waals surface area contributed by atoms with Crippen LogP contribution in [-0.4, -0.2) is 25.5 Å². The number of alkyl halides is 4. The molecule has 1 unspecified atom stereocenters. The van der Waals surface area contributed by atoms with E-state index in [1.807, 2.05) is 0 Å². The molecule has 1 N–H and O–H groups in total.